The lowest BCUT2D eigenvalue weighted by Gasteiger charge is -2.31. The summed E-state index contributed by atoms with van der Waals surface area (Å²) in [7, 11) is 1.94. The topological polar surface area (TPSA) is 84.7 Å². The molecule has 7 heteroatoms. The second-order valence-corrected chi connectivity index (χ2v) is 5.42. The number of piperidine rings is 1. The van der Waals surface area contributed by atoms with Crippen LogP contribution in [0.2, 0.25) is 0 Å². The van der Waals surface area contributed by atoms with Crippen molar-refractivity contribution in [3.05, 3.63) is 34.4 Å². The van der Waals surface area contributed by atoms with Crippen LogP contribution in [0.3, 0.4) is 0 Å². The number of likely N-dealkylation sites (tertiary alicyclic amines) is 1. The van der Waals surface area contributed by atoms with E-state index in [9.17, 15) is 14.9 Å². The van der Waals surface area contributed by atoms with Gasteiger partial charge >= 0.3 is 0 Å². The Labute approximate surface area is 129 Å². The van der Waals surface area contributed by atoms with E-state index in [2.05, 4.69) is 5.32 Å². The number of rotatable bonds is 6. The fraction of sp³-hybridized carbons (Fsp3) is 0.533. The molecule has 0 atom stereocenters. The molecule has 1 N–H and O–H groups in total. The van der Waals surface area contributed by atoms with Crippen LogP contribution in [0.4, 0.5) is 5.69 Å². The van der Waals surface area contributed by atoms with Gasteiger partial charge in [0.1, 0.15) is 5.75 Å². The van der Waals surface area contributed by atoms with Gasteiger partial charge in [0.2, 0.25) is 0 Å². The summed E-state index contributed by atoms with van der Waals surface area (Å²) < 4.78 is 5.40. The number of hydrogen-bond donors (Lipinski definition) is 1. The molecule has 0 saturated carbocycles. The van der Waals surface area contributed by atoms with E-state index in [0.717, 1.165) is 32.5 Å². The predicted molar refractivity (Wildman–Crippen MR) is 81.8 cm³/mol. The largest absolute Gasteiger partial charge is 0.484 e. The SMILES string of the molecule is CNCC1CCN(C(=O)COc2ccc([N+](=O)[O-])cc2)CC1. The molecule has 1 saturated heterocycles. The molecule has 0 radical (unpaired) electrons. The van der Waals surface area contributed by atoms with Crippen molar-refractivity contribution in [2.75, 3.05) is 33.3 Å². The number of amides is 1. The van der Waals surface area contributed by atoms with Crippen LogP contribution in [0.15, 0.2) is 24.3 Å². The summed E-state index contributed by atoms with van der Waals surface area (Å²) in [6.07, 6.45) is 2.01. The molecule has 22 heavy (non-hydrogen) atoms. The first-order chi connectivity index (χ1) is 10.6. The van der Waals surface area contributed by atoms with Crippen molar-refractivity contribution in [1.29, 1.82) is 0 Å². The van der Waals surface area contributed by atoms with Crippen molar-refractivity contribution >= 4 is 11.6 Å². The molecule has 7 nitrogen and oxygen atoms in total. The lowest BCUT2D eigenvalue weighted by molar-refractivity contribution is -0.384. The molecule has 0 spiro atoms. The molecule has 0 unspecified atom stereocenters. The quantitative estimate of drug-likeness (QED) is 0.635. The lowest BCUT2D eigenvalue weighted by atomic mass is 9.97. The average Bonchev–Trinajstić information content (AvgIpc) is 2.54. The number of hydrogen-bond acceptors (Lipinski definition) is 5. The van der Waals surface area contributed by atoms with Gasteiger partial charge in [-0.3, -0.25) is 14.9 Å². The molecule has 1 aliphatic rings. The maximum absolute atomic E-state index is 12.1. The fourth-order valence-corrected chi connectivity index (χ4v) is 2.58. The second kappa shape index (κ2) is 7.74. The van der Waals surface area contributed by atoms with Crippen LogP contribution >= 0.6 is 0 Å². The second-order valence-electron chi connectivity index (χ2n) is 5.42. The molecule has 1 aromatic carbocycles. The zero-order chi connectivity index (χ0) is 15.9. The number of nitro benzene ring substituents is 1. The van der Waals surface area contributed by atoms with Crippen molar-refractivity contribution in [1.82, 2.24) is 10.2 Å². The summed E-state index contributed by atoms with van der Waals surface area (Å²) in [5.74, 6) is 1.05. The van der Waals surface area contributed by atoms with Crippen LogP contribution in [0, 0.1) is 16.0 Å². The smallest absolute Gasteiger partial charge is 0.269 e. The van der Waals surface area contributed by atoms with Gasteiger partial charge in [0.15, 0.2) is 6.61 Å². The van der Waals surface area contributed by atoms with Crippen LogP contribution in [0.25, 0.3) is 0 Å². The molecular weight excluding hydrogens is 286 g/mol. The molecule has 2 rings (SSSR count). The number of carbonyl (C=O) groups is 1. The normalized spacial score (nSPS) is 15.6. The van der Waals surface area contributed by atoms with Gasteiger partial charge in [0, 0.05) is 25.2 Å². The van der Waals surface area contributed by atoms with E-state index < -0.39 is 4.92 Å². The number of benzene rings is 1. The number of nitro groups is 1. The average molecular weight is 307 g/mol. The molecule has 0 aromatic heterocycles. The molecule has 0 aliphatic carbocycles. The third-order valence-electron chi connectivity index (χ3n) is 3.87. The van der Waals surface area contributed by atoms with Gasteiger partial charge in [-0.25, -0.2) is 0 Å². The highest BCUT2D eigenvalue weighted by molar-refractivity contribution is 5.77. The Hall–Kier alpha value is -2.15. The molecule has 1 aromatic rings. The molecule has 1 fully saturated rings. The van der Waals surface area contributed by atoms with E-state index in [-0.39, 0.29) is 18.2 Å². The maximum atomic E-state index is 12.1. The molecular formula is C15H21N3O4. The lowest BCUT2D eigenvalue weighted by Crippen LogP contribution is -2.42. The van der Waals surface area contributed by atoms with E-state index in [4.69, 9.17) is 4.74 Å². The third-order valence-corrected chi connectivity index (χ3v) is 3.87. The van der Waals surface area contributed by atoms with Crippen molar-refractivity contribution in [3.63, 3.8) is 0 Å². The maximum Gasteiger partial charge on any atom is 0.269 e. The summed E-state index contributed by atoms with van der Waals surface area (Å²) >= 11 is 0. The van der Waals surface area contributed by atoms with Gasteiger partial charge in [0.25, 0.3) is 11.6 Å². The Morgan fingerprint density at radius 2 is 2.00 bits per heavy atom. The van der Waals surface area contributed by atoms with E-state index >= 15 is 0 Å². The monoisotopic (exact) mass is 307 g/mol. The molecule has 1 amide bonds. The summed E-state index contributed by atoms with van der Waals surface area (Å²) in [5.41, 5.74) is 0.00489. The van der Waals surface area contributed by atoms with Gasteiger partial charge < -0.3 is 15.0 Å². The number of ether oxygens (including phenoxy) is 1. The summed E-state index contributed by atoms with van der Waals surface area (Å²) in [4.78, 5) is 24.0. The Kier molecular flexibility index (Phi) is 5.71. The highest BCUT2D eigenvalue weighted by Gasteiger charge is 2.22. The fourth-order valence-electron chi connectivity index (χ4n) is 2.58. The van der Waals surface area contributed by atoms with Gasteiger partial charge in [-0.2, -0.15) is 0 Å². The minimum Gasteiger partial charge on any atom is -0.484 e. The van der Waals surface area contributed by atoms with Crippen LogP contribution in [0.1, 0.15) is 12.8 Å². The van der Waals surface area contributed by atoms with E-state index in [1.165, 1.54) is 24.3 Å². The first-order valence-corrected chi connectivity index (χ1v) is 7.39. The van der Waals surface area contributed by atoms with Crippen molar-refractivity contribution in [2.24, 2.45) is 5.92 Å². The van der Waals surface area contributed by atoms with Crippen LogP contribution in [0.5, 0.6) is 5.75 Å². The van der Waals surface area contributed by atoms with Gasteiger partial charge in [0.05, 0.1) is 4.92 Å². The Bertz CT molecular complexity index is 510. The minimum absolute atomic E-state index is 0.00489. The Morgan fingerprint density at radius 1 is 1.36 bits per heavy atom. The van der Waals surface area contributed by atoms with Crippen molar-refractivity contribution in [3.8, 4) is 5.75 Å². The Balaban J connectivity index is 1.77. The summed E-state index contributed by atoms with van der Waals surface area (Å²) in [6, 6.07) is 5.74. The van der Waals surface area contributed by atoms with E-state index in [1.54, 1.807) is 0 Å². The van der Waals surface area contributed by atoms with Crippen LogP contribution < -0.4 is 10.1 Å². The highest BCUT2D eigenvalue weighted by Crippen LogP contribution is 2.19. The zero-order valence-electron chi connectivity index (χ0n) is 12.7. The number of nitrogens with zero attached hydrogens (tertiary/aromatic N) is 2. The first kappa shape index (κ1) is 16.2. The van der Waals surface area contributed by atoms with E-state index in [0.29, 0.717) is 11.7 Å². The Morgan fingerprint density at radius 3 is 2.55 bits per heavy atom. The number of non-ortho nitro benzene ring substituents is 1. The highest BCUT2D eigenvalue weighted by atomic mass is 16.6. The zero-order valence-corrected chi connectivity index (χ0v) is 12.7. The van der Waals surface area contributed by atoms with Crippen molar-refractivity contribution in [2.45, 2.75) is 12.8 Å². The molecule has 0 bridgehead atoms. The van der Waals surface area contributed by atoms with E-state index in [1.807, 2.05) is 11.9 Å². The number of nitrogens with one attached hydrogen (secondary N) is 1. The van der Waals surface area contributed by atoms with Gasteiger partial charge in [-0.05, 0) is 44.5 Å². The van der Waals surface area contributed by atoms with Gasteiger partial charge in [-0.1, -0.05) is 0 Å². The summed E-state index contributed by atoms with van der Waals surface area (Å²) in [5, 5.41) is 13.7. The first-order valence-electron chi connectivity index (χ1n) is 7.39. The number of carbonyl (C=O) groups excluding carboxylic acids is 1. The molecule has 1 heterocycles. The molecule has 120 valence electrons. The third kappa shape index (κ3) is 4.42. The van der Waals surface area contributed by atoms with Gasteiger partial charge in [-0.15, -0.1) is 0 Å². The van der Waals surface area contributed by atoms with Crippen molar-refractivity contribution < 1.29 is 14.5 Å². The summed E-state index contributed by atoms with van der Waals surface area (Å²) in [6.45, 7) is 2.47. The predicted octanol–water partition coefficient (Wildman–Crippen LogP) is 1.43. The minimum atomic E-state index is -0.468. The van der Waals surface area contributed by atoms with Crippen LogP contribution in [-0.2, 0) is 4.79 Å². The van der Waals surface area contributed by atoms with Crippen LogP contribution in [-0.4, -0.2) is 49.0 Å². The molecule has 1 aliphatic heterocycles. The standard InChI is InChI=1S/C15H21N3O4/c1-16-10-12-6-8-17(9-7-12)15(19)11-22-14-4-2-13(3-5-14)18(20)21/h2-5,12,16H,6-11H2,1H3.